The fourth-order valence-corrected chi connectivity index (χ4v) is 2.42. The highest BCUT2D eigenvalue weighted by atomic mass is 35.5. The van der Waals surface area contributed by atoms with Gasteiger partial charge in [0.25, 0.3) is 0 Å². The molecule has 0 fully saturated rings. The van der Waals surface area contributed by atoms with Crippen LogP contribution in [0.1, 0.15) is 30.4 Å². The van der Waals surface area contributed by atoms with Crippen LogP contribution in [-0.4, -0.2) is 6.54 Å². The van der Waals surface area contributed by atoms with Gasteiger partial charge in [-0.3, -0.25) is 0 Å². The summed E-state index contributed by atoms with van der Waals surface area (Å²) >= 11 is 6.15. The largest absolute Gasteiger partial charge is 0.484 e. The van der Waals surface area contributed by atoms with E-state index in [4.69, 9.17) is 22.1 Å². The first-order chi connectivity index (χ1) is 10.1. The molecule has 4 heteroatoms. The number of benzene rings is 2. The number of rotatable bonds is 6. The van der Waals surface area contributed by atoms with Gasteiger partial charge in [-0.2, -0.15) is 0 Å². The summed E-state index contributed by atoms with van der Waals surface area (Å²) in [7, 11) is 0. The predicted octanol–water partition coefficient (Wildman–Crippen LogP) is 4.51. The highest BCUT2D eigenvalue weighted by Crippen LogP contribution is 2.33. The normalized spacial score (nSPS) is 12.2. The predicted molar refractivity (Wildman–Crippen MR) is 84.3 cm³/mol. The third-order valence-electron chi connectivity index (χ3n) is 3.42. The average molecular weight is 308 g/mol. The van der Waals surface area contributed by atoms with E-state index in [1.54, 1.807) is 6.07 Å². The summed E-state index contributed by atoms with van der Waals surface area (Å²) in [6.07, 6.45) is 0.792. The quantitative estimate of drug-likeness (QED) is 0.852. The van der Waals surface area contributed by atoms with Crippen LogP contribution in [0.25, 0.3) is 0 Å². The molecule has 0 heterocycles. The molecule has 21 heavy (non-hydrogen) atoms. The van der Waals surface area contributed by atoms with Crippen LogP contribution in [0.5, 0.6) is 5.75 Å². The Kier molecular flexibility index (Phi) is 5.59. The monoisotopic (exact) mass is 307 g/mol. The summed E-state index contributed by atoms with van der Waals surface area (Å²) in [6, 6.07) is 12.8. The molecule has 0 spiro atoms. The molecule has 0 amide bonds. The van der Waals surface area contributed by atoms with E-state index in [0.29, 0.717) is 11.6 Å². The maximum Gasteiger partial charge on any atom is 0.174 e. The highest BCUT2D eigenvalue weighted by Gasteiger charge is 2.14. The molecule has 2 aromatic carbocycles. The minimum atomic E-state index is -0.433. The molecule has 1 unspecified atom stereocenters. The molecule has 0 saturated carbocycles. The van der Waals surface area contributed by atoms with Gasteiger partial charge < -0.3 is 10.5 Å². The van der Waals surface area contributed by atoms with Crippen molar-refractivity contribution in [3.8, 4) is 5.75 Å². The molecule has 1 atom stereocenters. The fraction of sp³-hybridized carbons (Fsp3) is 0.294. The average Bonchev–Trinajstić information content (AvgIpc) is 2.47. The van der Waals surface area contributed by atoms with Crippen molar-refractivity contribution in [1.82, 2.24) is 0 Å². The van der Waals surface area contributed by atoms with E-state index in [1.807, 2.05) is 37.3 Å². The molecule has 0 aliphatic heterocycles. The van der Waals surface area contributed by atoms with E-state index in [2.05, 4.69) is 0 Å². The molecule has 2 aromatic rings. The number of nitrogens with two attached hydrogens (primary N) is 1. The van der Waals surface area contributed by atoms with Crippen LogP contribution in [-0.2, 0) is 6.61 Å². The maximum absolute atomic E-state index is 14.2. The molecule has 0 bridgehead atoms. The lowest BCUT2D eigenvalue weighted by atomic mass is 9.97. The van der Waals surface area contributed by atoms with E-state index in [0.717, 1.165) is 17.5 Å². The van der Waals surface area contributed by atoms with Crippen LogP contribution < -0.4 is 10.5 Å². The number of halogens is 2. The molecule has 2 N–H and O–H groups in total. The van der Waals surface area contributed by atoms with Gasteiger partial charge in [-0.25, -0.2) is 4.39 Å². The van der Waals surface area contributed by atoms with Gasteiger partial charge in [0.2, 0.25) is 0 Å². The molecular weight excluding hydrogens is 289 g/mol. The van der Waals surface area contributed by atoms with Gasteiger partial charge in [0, 0.05) is 0 Å². The zero-order valence-electron chi connectivity index (χ0n) is 12.0. The first-order valence-corrected chi connectivity index (χ1v) is 7.35. The third kappa shape index (κ3) is 4.19. The molecule has 0 radical (unpaired) electrons. The molecule has 0 saturated heterocycles. The number of hydrogen-bond donors (Lipinski definition) is 1. The van der Waals surface area contributed by atoms with Gasteiger partial charge in [0.1, 0.15) is 6.61 Å². The van der Waals surface area contributed by atoms with Crippen molar-refractivity contribution in [2.24, 2.45) is 5.73 Å². The van der Waals surface area contributed by atoms with E-state index >= 15 is 0 Å². The van der Waals surface area contributed by atoms with E-state index in [-0.39, 0.29) is 18.3 Å². The van der Waals surface area contributed by atoms with E-state index in [9.17, 15) is 4.39 Å². The second-order valence-corrected chi connectivity index (χ2v) is 5.47. The Hall–Kier alpha value is -1.58. The summed E-state index contributed by atoms with van der Waals surface area (Å²) in [5.74, 6) is -0.160. The Labute approximate surface area is 129 Å². The molecule has 0 aliphatic rings. The molecule has 2 nitrogen and oxygen atoms in total. The van der Waals surface area contributed by atoms with Crippen molar-refractivity contribution in [3.63, 3.8) is 0 Å². The highest BCUT2D eigenvalue weighted by molar-refractivity contribution is 6.32. The van der Waals surface area contributed by atoms with Crippen LogP contribution >= 0.6 is 11.6 Å². The van der Waals surface area contributed by atoms with Gasteiger partial charge >= 0.3 is 0 Å². The van der Waals surface area contributed by atoms with Crippen molar-refractivity contribution in [1.29, 1.82) is 0 Å². The first kappa shape index (κ1) is 15.8. The van der Waals surface area contributed by atoms with Crippen LogP contribution in [0.4, 0.5) is 4.39 Å². The van der Waals surface area contributed by atoms with Crippen LogP contribution in [0.15, 0.2) is 42.5 Å². The molecular formula is C17H19ClFNO. The minimum absolute atomic E-state index is 0.101. The van der Waals surface area contributed by atoms with Crippen LogP contribution in [0.2, 0.25) is 5.02 Å². The molecule has 0 aromatic heterocycles. The number of ether oxygens (including phenoxy) is 1. The molecule has 112 valence electrons. The van der Waals surface area contributed by atoms with Crippen LogP contribution in [0.3, 0.4) is 0 Å². The molecule has 0 aliphatic carbocycles. The second kappa shape index (κ2) is 7.43. The zero-order chi connectivity index (χ0) is 15.2. The van der Waals surface area contributed by atoms with Crippen molar-refractivity contribution in [3.05, 3.63) is 64.4 Å². The van der Waals surface area contributed by atoms with Gasteiger partial charge in [0.05, 0.1) is 5.02 Å². The van der Waals surface area contributed by atoms with E-state index in [1.165, 1.54) is 6.07 Å². The fourth-order valence-electron chi connectivity index (χ4n) is 2.15. The van der Waals surface area contributed by atoms with Gasteiger partial charge in [-0.15, -0.1) is 0 Å². The standard InChI is InChI=1S/C17H19ClFNO/c1-12(7-8-20)14-9-15(18)17(16(19)10-14)21-11-13-5-3-2-4-6-13/h2-6,9-10,12H,7-8,11,20H2,1H3. The second-order valence-electron chi connectivity index (χ2n) is 5.07. The molecule has 2 rings (SSSR count). The zero-order valence-corrected chi connectivity index (χ0v) is 12.7. The summed E-state index contributed by atoms with van der Waals surface area (Å²) in [5, 5.41) is 0.296. The van der Waals surface area contributed by atoms with Crippen molar-refractivity contribution in [2.45, 2.75) is 25.9 Å². The topological polar surface area (TPSA) is 35.2 Å². The Balaban J connectivity index is 2.13. The Morgan fingerprint density at radius 2 is 1.95 bits per heavy atom. The minimum Gasteiger partial charge on any atom is -0.484 e. The SMILES string of the molecule is CC(CCN)c1cc(F)c(OCc2ccccc2)c(Cl)c1. The summed E-state index contributed by atoms with van der Waals surface area (Å²) in [5.41, 5.74) is 7.34. The van der Waals surface area contributed by atoms with Gasteiger partial charge in [0.15, 0.2) is 11.6 Å². The lowest BCUT2D eigenvalue weighted by Gasteiger charge is -2.14. The van der Waals surface area contributed by atoms with Gasteiger partial charge in [-0.05, 0) is 42.1 Å². The van der Waals surface area contributed by atoms with Crippen molar-refractivity contribution in [2.75, 3.05) is 6.54 Å². The van der Waals surface area contributed by atoms with E-state index < -0.39 is 5.82 Å². The smallest absolute Gasteiger partial charge is 0.174 e. The Bertz CT molecular complexity index is 566. The summed E-state index contributed by atoms with van der Waals surface area (Å²) in [6.45, 7) is 2.85. The third-order valence-corrected chi connectivity index (χ3v) is 3.70. The lowest BCUT2D eigenvalue weighted by molar-refractivity contribution is 0.290. The Morgan fingerprint density at radius 1 is 1.24 bits per heavy atom. The lowest BCUT2D eigenvalue weighted by Crippen LogP contribution is -2.05. The summed E-state index contributed by atoms with van der Waals surface area (Å²) in [4.78, 5) is 0. The van der Waals surface area contributed by atoms with Crippen LogP contribution in [0, 0.1) is 5.82 Å². The number of hydrogen-bond acceptors (Lipinski definition) is 2. The van der Waals surface area contributed by atoms with Gasteiger partial charge in [-0.1, -0.05) is 48.9 Å². The summed E-state index contributed by atoms with van der Waals surface area (Å²) < 4.78 is 19.7. The maximum atomic E-state index is 14.2. The van der Waals surface area contributed by atoms with Crippen molar-refractivity contribution < 1.29 is 9.13 Å². The van der Waals surface area contributed by atoms with Crippen molar-refractivity contribution >= 4 is 11.6 Å². The first-order valence-electron chi connectivity index (χ1n) is 6.97. The Morgan fingerprint density at radius 3 is 2.57 bits per heavy atom.